The lowest BCUT2D eigenvalue weighted by molar-refractivity contribution is -0.140. The summed E-state index contributed by atoms with van der Waals surface area (Å²) < 4.78 is 12.5. The number of allylic oxidation sites excluding steroid dienone is 2. The Morgan fingerprint density at radius 1 is 1.12 bits per heavy atom. The van der Waals surface area contributed by atoms with Crippen LogP contribution in [0.15, 0.2) is 58.1 Å². The Kier molecular flexibility index (Phi) is 6.01. The molecular formula is C25H22BrClN2O4. The molecule has 170 valence electrons. The van der Waals surface area contributed by atoms with E-state index in [9.17, 15) is 9.59 Å². The van der Waals surface area contributed by atoms with E-state index >= 15 is 0 Å². The molecule has 4 atom stereocenters. The van der Waals surface area contributed by atoms with Crippen molar-refractivity contribution in [1.82, 2.24) is 5.01 Å². The molecule has 0 unspecified atom stereocenters. The van der Waals surface area contributed by atoms with Crippen molar-refractivity contribution in [3.05, 3.63) is 69.2 Å². The monoisotopic (exact) mass is 528 g/mol. The molecule has 8 heteroatoms. The maximum Gasteiger partial charge on any atom is 0.254 e. The lowest BCUT2D eigenvalue weighted by Crippen LogP contribution is -2.28. The molecule has 1 aliphatic heterocycles. The maximum atomic E-state index is 12.8. The van der Waals surface area contributed by atoms with Crippen LogP contribution in [0.25, 0.3) is 0 Å². The van der Waals surface area contributed by atoms with Crippen LogP contribution in [0.5, 0.6) is 11.5 Å². The van der Waals surface area contributed by atoms with Gasteiger partial charge in [-0.2, -0.15) is 10.1 Å². The summed E-state index contributed by atoms with van der Waals surface area (Å²) in [5.41, 5.74) is 1.54. The van der Waals surface area contributed by atoms with Gasteiger partial charge >= 0.3 is 0 Å². The Labute approximate surface area is 205 Å². The van der Waals surface area contributed by atoms with Gasteiger partial charge < -0.3 is 9.47 Å². The molecule has 2 aromatic carbocycles. The number of benzene rings is 2. The molecule has 6 nitrogen and oxygen atoms in total. The van der Waals surface area contributed by atoms with Crippen LogP contribution in [0.3, 0.4) is 0 Å². The summed E-state index contributed by atoms with van der Waals surface area (Å²) in [4.78, 5) is 25.7. The van der Waals surface area contributed by atoms with Crippen LogP contribution < -0.4 is 9.47 Å². The number of rotatable bonds is 7. The van der Waals surface area contributed by atoms with E-state index < -0.39 is 0 Å². The second kappa shape index (κ2) is 8.95. The van der Waals surface area contributed by atoms with Crippen LogP contribution in [0, 0.1) is 23.7 Å². The number of carbonyl (C=O) groups is 2. The number of ether oxygens (including phenoxy) is 2. The molecule has 1 saturated heterocycles. The summed E-state index contributed by atoms with van der Waals surface area (Å²) in [5, 5.41) is 5.93. The molecule has 5 rings (SSSR count). The van der Waals surface area contributed by atoms with Crippen molar-refractivity contribution >= 4 is 45.6 Å². The van der Waals surface area contributed by atoms with Gasteiger partial charge in [-0.15, -0.1) is 0 Å². The number of carbonyl (C=O) groups excluding carboxylic acids is 2. The Bertz CT molecular complexity index is 1150. The van der Waals surface area contributed by atoms with Gasteiger partial charge in [0.25, 0.3) is 11.8 Å². The maximum absolute atomic E-state index is 12.8. The summed E-state index contributed by atoms with van der Waals surface area (Å²) >= 11 is 9.78. The number of amides is 2. The molecule has 1 saturated carbocycles. The van der Waals surface area contributed by atoms with E-state index in [1.54, 1.807) is 6.07 Å². The fourth-order valence-corrected chi connectivity index (χ4v) is 5.72. The van der Waals surface area contributed by atoms with Gasteiger partial charge in [-0.1, -0.05) is 42.0 Å². The van der Waals surface area contributed by atoms with E-state index in [1.807, 2.05) is 37.3 Å². The average molecular weight is 530 g/mol. The Morgan fingerprint density at radius 2 is 1.82 bits per heavy atom. The van der Waals surface area contributed by atoms with E-state index in [0.717, 1.165) is 17.0 Å². The first kappa shape index (κ1) is 22.2. The largest absolute Gasteiger partial charge is 0.490 e. The van der Waals surface area contributed by atoms with Crippen molar-refractivity contribution in [3.63, 3.8) is 0 Å². The van der Waals surface area contributed by atoms with Crippen molar-refractivity contribution in [3.8, 4) is 11.5 Å². The summed E-state index contributed by atoms with van der Waals surface area (Å²) in [7, 11) is 0. The number of fused-ring (bicyclic) bond motifs is 5. The van der Waals surface area contributed by atoms with Crippen LogP contribution in [0.1, 0.15) is 24.5 Å². The highest BCUT2D eigenvalue weighted by Crippen LogP contribution is 2.52. The number of imide groups is 1. The molecule has 2 aliphatic carbocycles. The molecule has 3 aliphatic rings. The van der Waals surface area contributed by atoms with Crippen LogP contribution in [0.2, 0.25) is 5.02 Å². The smallest absolute Gasteiger partial charge is 0.254 e. The standard InChI is InChI=1S/C25H22BrClN2O4/c1-2-32-20-10-14(9-18(26)23(20)33-13-17-5-3-4-6-19(17)27)12-28-29-24(30)21-15-7-8-16(11-15)22(21)25(29)31/h3-10,12,15-16,21-22H,2,11,13H2,1H3/b28-12-/t15-,16-,21+,22+/m0/s1. The zero-order chi connectivity index (χ0) is 23.1. The fraction of sp³-hybridized carbons (Fsp3) is 0.320. The van der Waals surface area contributed by atoms with Gasteiger partial charge in [-0.05, 0) is 64.9 Å². The van der Waals surface area contributed by atoms with Crippen molar-refractivity contribution in [2.24, 2.45) is 28.8 Å². The topological polar surface area (TPSA) is 68.2 Å². The van der Waals surface area contributed by atoms with Crippen molar-refractivity contribution in [2.45, 2.75) is 20.0 Å². The van der Waals surface area contributed by atoms with Crippen LogP contribution in [-0.4, -0.2) is 29.6 Å². The highest BCUT2D eigenvalue weighted by molar-refractivity contribution is 9.10. The normalized spacial score (nSPS) is 25.4. The van der Waals surface area contributed by atoms with Gasteiger partial charge in [-0.25, -0.2) is 0 Å². The average Bonchev–Trinajstić information content (AvgIpc) is 3.47. The van der Waals surface area contributed by atoms with E-state index in [0.29, 0.717) is 33.2 Å². The minimum Gasteiger partial charge on any atom is -0.490 e. The molecule has 0 radical (unpaired) electrons. The third-order valence-electron chi connectivity index (χ3n) is 6.43. The first-order valence-electron chi connectivity index (χ1n) is 10.9. The second-order valence-corrected chi connectivity index (χ2v) is 9.64. The zero-order valence-electron chi connectivity index (χ0n) is 17.9. The van der Waals surface area contributed by atoms with E-state index in [2.05, 4.69) is 33.2 Å². The molecular weight excluding hydrogens is 508 g/mol. The number of halogens is 2. The summed E-state index contributed by atoms with van der Waals surface area (Å²) in [6.07, 6.45) is 6.54. The molecule has 2 bridgehead atoms. The summed E-state index contributed by atoms with van der Waals surface area (Å²) in [6.45, 7) is 2.61. The molecule has 1 heterocycles. The van der Waals surface area contributed by atoms with E-state index in [1.165, 1.54) is 6.21 Å². The van der Waals surface area contributed by atoms with Gasteiger partial charge in [-0.3, -0.25) is 9.59 Å². The molecule has 0 N–H and O–H groups in total. The van der Waals surface area contributed by atoms with Crippen LogP contribution in [0.4, 0.5) is 0 Å². The van der Waals surface area contributed by atoms with Crippen LogP contribution >= 0.6 is 27.5 Å². The molecule has 2 fully saturated rings. The van der Waals surface area contributed by atoms with E-state index in [4.69, 9.17) is 21.1 Å². The molecule has 2 aromatic rings. The zero-order valence-corrected chi connectivity index (χ0v) is 20.3. The third-order valence-corrected chi connectivity index (χ3v) is 7.39. The number of nitrogens with zero attached hydrogens (tertiary/aromatic N) is 2. The van der Waals surface area contributed by atoms with Crippen LogP contribution in [-0.2, 0) is 16.2 Å². The predicted octanol–water partition coefficient (Wildman–Crippen LogP) is 5.22. The van der Waals surface area contributed by atoms with Crippen molar-refractivity contribution < 1.29 is 19.1 Å². The summed E-state index contributed by atoms with van der Waals surface area (Å²) in [6, 6.07) is 11.1. The van der Waals surface area contributed by atoms with Gasteiger partial charge in [0.2, 0.25) is 0 Å². The molecule has 0 spiro atoms. The minimum atomic E-state index is -0.268. The Morgan fingerprint density at radius 3 is 2.48 bits per heavy atom. The van der Waals surface area contributed by atoms with Crippen molar-refractivity contribution in [2.75, 3.05) is 6.61 Å². The Hall–Kier alpha value is -2.64. The highest BCUT2D eigenvalue weighted by atomic mass is 79.9. The number of hydrogen-bond acceptors (Lipinski definition) is 5. The minimum absolute atomic E-state index is 0.157. The number of hydrogen-bond donors (Lipinski definition) is 0. The molecule has 2 amide bonds. The first-order valence-corrected chi connectivity index (χ1v) is 12.1. The lowest BCUT2D eigenvalue weighted by atomic mass is 9.85. The van der Waals surface area contributed by atoms with E-state index in [-0.39, 0.29) is 42.1 Å². The lowest BCUT2D eigenvalue weighted by Gasteiger charge is -2.15. The quantitative estimate of drug-likeness (QED) is 0.280. The fourth-order valence-electron chi connectivity index (χ4n) is 4.96. The van der Waals surface area contributed by atoms with Gasteiger partial charge in [0.05, 0.1) is 29.1 Å². The SMILES string of the molecule is CCOc1cc(/C=N\N2C(=O)[C@H]3[C@H](C2=O)[C@H]2C=C[C@H]3C2)cc(Br)c1OCc1ccccc1Cl. The van der Waals surface area contributed by atoms with Crippen molar-refractivity contribution in [1.29, 1.82) is 0 Å². The second-order valence-electron chi connectivity index (χ2n) is 8.38. The highest BCUT2D eigenvalue weighted by Gasteiger charge is 2.59. The van der Waals surface area contributed by atoms with Gasteiger partial charge in [0.1, 0.15) is 6.61 Å². The molecule has 33 heavy (non-hydrogen) atoms. The van der Waals surface area contributed by atoms with Gasteiger partial charge in [0.15, 0.2) is 11.5 Å². The Balaban J connectivity index is 1.36. The number of hydrazone groups is 1. The predicted molar refractivity (Wildman–Crippen MR) is 128 cm³/mol. The van der Waals surface area contributed by atoms with Gasteiger partial charge in [0, 0.05) is 10.6 Å². The molecule has 0 aromatic heterocycles. The summed E-state index contributed by atoms with van der Waals surface area (Å²) in [5.74, 6) is 0.434. The first-order chi connectivity index (χ1) is 16.0. The third kappa shape index (κ3) is 3.97.